The molecule has 0 saturated heterocycles. The number of hydrogen-bond donors (Lipinski definition) is 0. The zero-order valence-electron chi connectivity index (χ0n) is 60.1. The first-order valence-electron chi connectivity index (χ1n) is 39.0. The Morgan fingerprint density at radius 1 is 0.296 bits per heavy atom. The number of fused-ring (bicyclic) bond motifs is 3. The summed E-state index contributed by atoms with van der Waals surface area (Å²) in [5.74, 6) is 0. The molecule has 4 aromatic carbocycles. The minimum Gasteiger partial charge on any atom is -0.172 e. The molecule has 522 valence electrons. The van der Waals surface area contributed by atoms with Crippen LogP contribution in [0, 0.1) is 0 Å². The van der Waals surface area contributed by atoms with Gasteiger partial charge in [0.25, 0.3) is 0 Å². The Morgan fingerprint density at radius 2 is 0.694 bits per heavy atom. The highest BCUT2D eigenvalue weighted by Gasteiger charge is 2.28. The number of thiophene rings is 6. The molecule has 0 aliphatic heterocycles. The minimum atomic E-state index is 0.743. The number of hydrogen-bond acceptors (Lipinski definition) is 9. The van der Waals surface area contributed by atoms with E-state index in [1.165, 1.54) is 338 Å². The Hall–Kier alpha value is -4.29. The third-order valence-electron chi connectivity index (χ3n) is 20.4. The summed E-state index contributed by atoms with van der Waals surface area (Å²) in [5.41, 5.74) is 14.1. The van der Waals surface area contributed by atoms with Gasteiger partial charge in [-0.2, -0.15) is 8.75 Å². The average molecular weight is 1460 g/mol. The number of nitrogens with zero attached hydrogens (tertiary/aromatic N) is 2. The first-order chi connectivity index (χ1) is 48.4. The molecule has 11 aromatic rings. The van der Waals surface area contributed by atoms with Crippen LogP contribution in [0.4, 0.5) is 0 Å². The van der Waals surface area contributed by atoms with Gasteiger partial charge in [-0.25, -0.2) is 0 Å². The molecule has 0 fully saturated rings. The maximum absolute atomic E-state index is 7.72. The van der Waals surface area contributed by atoms with E-state index in [0.717, 1.165) is 38.5 Å². The van der Waals surface area contributed by atoms with Crippen molar-refractivity contribution in [1.82, 2.24) is 8.75 Å². The number of aryl methyl sites for hydroxylation is 5. The van der Waals surface area contributed by atoms with E-state index in [2.05, 4.69) is 166 Å². The molecule has 0 bridgehead atoms. The van der Waals surface area contributed by atoms with Crippen LogP contribution in [0.1, 0.15) is 279 Å². The van der Waals surface area contributed by atoms with E-state index in [-0.39, 0.29) is 0 Å². The van der Waals surface area contributed by atoms with Gasteiger partial charge in [0.05, 0.1) is 16.8 Å². The van der Waals surface area contributed by atoms with E-state index < -0.39 is 0 Å². The summed E-state index contributed by atoms with van der Waals surface area (Å²) >= 11 is 21.1. The topological polar surface area (TPSA) is 25.8 Å². The molecule has 10 heteroatoms. The quantitative estimate of drug-likeness (QED) is 0.0355. The summed E-state index contributed by atoms with van der Waals surface area (Å²) in [6, 6.07) is 42.3. The molecule has 0 amide bonds. The molecule has 0 N–H and O–H groups in total. The SMILES string of the molecule is CCCCCCCCCCCCc1cc(-c2cc(Cl)c(-c3ccc(-c4cc5c(-c6cc(CCCCCCCC)c(CCCCCCCC)s6)c6sc(-c7ccccc7)cc6c(-c6cc(CCCCCCCC)c(CCCCCCCC)s6)c5s4)s3)c3nsnc23)sc1-c1ccccc1. The molecule has 0 aliphatic carbocycles. The highest BCUT2D eigenvalue weighted by molar-refractivity contribution is 7.29. The summed E-state index contributed by atoms with van der Waals surface area (Å²) in [6.07, 6.45) is 51.0. The van der Waals surface area contributed by atoms with Crippen molar-refractivity contribution in [3.8, 4) is 72.4 Å². The summed E-state index contributed by atoms with van der Waals surface area (Å²) < 4.78 is 13.1. The predicted molar refractivity (Wildman–Crippen MR) is 447 cm³/mol. The molecular weight excluding hydrogens is 1340 g/mol. The molecule has 7 heterocycles. The molecule has 0 unspecified atom stereocenters. The van der Waals surface area contributed by atoms with Crippen molar-refractivity contribution >= 4 is 123 Å². The van der Waals surface area contributed by atoms with E-state index in [1.54, 1.807) is 20.9 Å². The second kappa shape index (κ2) is 39.9. The van der Waals surface area contributed by atoms with Crippen molar-refractivity contribution in [1.29, 1.82) is 0 Å². The molecule has 0 atom stereocenters. The number of unbranched alkanes of at least 4 members (excludes halogenated alkanes) is 29. The average Bonchev–Trinajstić information content (AvgIpc) is 1.55. The Balaban J connectivity index is 1.00. The van der Waals surface area contributed by atoms with Crippen molar-refractivity contribution in [2.75, 3.05) is 0 Å². The molecule has 0 saturated carbocycles. The second-order valence-corrected chi connectivity index (χ2v) is 35.6. The van der Waals surface area contributed by atoms with Crippen LogP contribution in [0.2, 0.25) is 5.02 Å². The van der Waals surface area contributed by atoms with Gasteiger partial charge in [0.1, 0.15) is 11.0 Å². The predicted octanol–water partition coefficient (Wildman–Crippen LogP) is 32.8. The number of rotatable bonds is 46. The third kappa shape index (κ3) is 19.9. The monoisotopic (exact) mass is 1450 g/mol. The van der Waals surface area contributed by atoms with Crippen LogP contribution >= 0.6 is 91.3 Å². The van der Waals surface area contributed by atoms with Gasteiger partial charge in [-0.15, -0.1) is 68.0 Å². The van der Waals surface area contributed by atoms with Gasteiger partial charge >= 0.3 is 0 Å². The van der Waals surface area contributed by atoms with Gasteiger partial charge in [-0.05, 0) is 141 Å². The van der Waals surface area contributed by atoms with E-state index in [4.69, 9.17) is 20.3 Å². The van der Waals surface area contributed by atoms with Crippen LogP contribution in [-0.2, 0) is 32.1 Å². The fraction of sp³-hybridized carbons (Fsp3) is 0.500. The molecule has 0 aliphatic rings. The standard InChI is InChI=1S/C88H111ClN2S7/c1-6-11-16-21-26-27-28-29-32-39-52-67-59-77(96-86(67)64-48-42-36-43-49-64)68-60-71(89)83(85-84(68)90-98-91-85)75-56-55-74(94-75)78-62-70-82(80-58-66(51-38-31-23-18-13-8-3)73(93-80)54-45-34-25-20-15-10-5)87-69(61-76(95-87)63-46-40-35-41-47-63)81(88(70)97-78)79-57-65(50-37-30-22-17-12-7-2)72(92-79)53-44-33-24-19-14-9-4/h35-36,40-43,46-49,55-62H,6-34,37-39,44-45,50-54H2,1-5H3. The zero-order chi connectivity index (χ0) is 67.7. The van der Waals surface area contributed by atoms with Gasteiger partial charge in [0.15, 0.2) is 0 Å². The summed E-state index contributed by atoms with van der Waals surface area (Å²) in [7, 11) is 0. The lowest BCUT2D eigenvalue weighted by molar-refractivity contribution is 0.556. The Morgan fingerprint density at radius 3 is 1.18 bits per heavy atom. The smallest absolute Gasteiger partial charge is 0.115 e. The van der Waals surface area contributed by atoms with Gasteiger partial charge in [-0.1, -0.05) is 293 Å². The molecule has 11 rings (SSSR count). The lowest BCUT2D eigenvalue weighted by Gasteiger charge is -2.09. The van der Waals surface area contributed by atoms with E-state index >= 15 is 0 Å². The Bertz CT molecular complexity index is 3950. The first-order valence-corrected chi connectivity index (χ1v) is 45.0. The van der Waals surface area contributed by atoms with Crippen LogP contribution in [0.25, 0.3) is 104 Å². The number of halogens is 1. The molecule has 7 aromatic heterocycles. The van der Waals surface area contributed by atoms with Crippen LogP contribution < -0.4 is 0 Å². The fourth-order valence-corrected chi connectivity index (χ4v) is 23.3. The molecule has 0 radical (unpaired) electrons. The Kier molecular flexibility index (Phi) is 30.5. The van der Waals surface area contributed by atoms with Crippen molar-refractivity contribution in [3.63, 3.8) is 0 Å². The summed E-state index contributed by atoms with van der Waals surface area (Å²) in [4.78, 5) is 13.9. The summed E-state index contributed by atoms with van der Waals surface area (Å²) in [5, 5.41) is 3.58. The highest BCUT2D eigenvalue weighted by atomic mass is 35.5. The lowest BCUT2D eigenvalue weighted by atomic mass is 9.97. The Labute approximate surface area is 623 Å². The van der Waals surface area contributed by atoms with Gasteiger partial charge < -0.3 is 0 Å². The van der Waals surface area contributed by atoms with Crippen LogP contribution in [0.5, 0.6) is 0 Å². The van der Waals surface area contributed by atoms with Crippen LogP contribution in [0.15, 0.2) is 109 Å². The second-order valence-electron chi connectivity index (χ2n) is 28.2. The first kappa shape index (κ1) is 74.9. The molecule has 98 heavy (non-hydrogen) atoms. The van der Waals surface area contributed by atoms with Crippen molar-refractivity contribution < 1.29 is 0 Å². The van der Waals surface area contributed by atoms with Crippen molar-refractivity contribution in [2.24, 2.45) is 0 Å². The lowest BCUT2D eigenvalue weighted by Crippen LogP contribution is -1.91. The molecule has 2 nitrogen and oxygen atoms in total. The van der Waals surface area contributed by atoms with Crippen LogP contribution in [-0.4, -0.2) is 8.75 Å². The van der Waals surface area contributed by atoms with Gasteiger partial charge in [0, 0.05) is 91.2 Å². The van der Waals surface area contributed by atoms with E-state index in [1.807, 2.05) is 45.3 Å². The third-order valence-corrected chi connectivity index (χ3v) is 28.7. The van der Waals surface area contributed by atoms with E-state index in [9.17, 15) is 0 Å². The van der Waals surface area contributed by atoms with Gasteiger partial charge in [-0.3, -0.25) is 0 Å². The van der Waals surface area contributed by atoms with Gasteiger partial charge in [0.2, 0.25) is 0 Å². The number of aromatic nitrogens is 2. The molecular formula is C88H111ClN2S7. The molecule has 0 spiro atoms. The van der Waals surface area contributed by atoms with E-state index in [0.29, 0.717) is 0 Å². The maximum atomic E-state index is 7.72. The maximum Gasteiger partial charge on any atom is 0.115 e. The number of benzene rings is 4. The minimum absolute atomic E-state index is 0.743. The highest BCUT2D eigenvalue weighted by Crippen LogP contribution is 2.56. The normalized spacial score (nSPS) is 11.9. The largest absolute Gasteiger partial charge is 0.172 e. The summed E-state index contributed by atoms with van der Waals surface area (Å²) in [6.45, 7) is 11.7. The van der Waals surface area contributed by atoms with Crippen molar-refractivity contribution in [3.05, 3.63) is 141 Å². The van der Waals surface area contributed by atoms with Crippen molar-refractivity contribution in [2.45, 2.75) is 285 Å². The zero-order valence-corrected chi connectivity index (χ0v) is 66.6. The van der Waals surface area contributed by atoms with Crippen LogP contribution in [0.3, 0.4) is 0 Å². The fourth-order valence-electron chi connectivity index (χ4n) is 14.8.